The predicted octanol–water partition coefficient (Wildman–Crippen LogP) is 3.44. The maximum Gasteiger partial charge on any atom is 0.299 e. The lowest BCUT2D eigenvalue weighted by atomic mass is 9.92. The van der Waals surface area contributed by atoms with Crippen molar-refractivity contribution in [3.8, 4) is 5.75 Å². The van der Waals surface area contributed by atoms with Crippen LogP contribution >= 0.6 is 0 Å². The predicted molar refractivity (Wildman–Crippen MR) is 229 cm³/mol. The number of fused-ring (bicyclic) bond motifs is 8. The molecule has 0 aliphatic heterocycles. The van der Waals surface area contributed by atoms with E-state index in [2.05, 4.69) is 0 Å². The first-order valence-corrected chi connectivity index (χ1v) is 28.6. The Morgan fingerprint density at radius 1 is 0.254 bits per heavy atom. The highest BCUT2D eigenvalue weighted by molar-refractivity contribution is 7.91. The summed E-state index contributed by atoms with van der Waals surface area (Å²) in [6.07, 6.45) is 0. The quantitative estimate of drug-likeness (QED) is 0.0597. The molecule has 8 rings (SSSR count). The van der Waals surface area contributed by atoms with Crippen molar-refractivity contribution in [3.63, 3.8) is 0 Å². The van der Waals surface area contributed by atoms with E-state index in [0.29, 0.717) is 16.8 Å². The Labute approximate surface area is 374 Å². The van der Waals surface area contributed by atoms with Crippen molar-refractivity contribution < 1.29 is 109 Å². The summed E-state index contributed by atoms with van der Waals surface area (Å²) in [5.74, 6) is -2.26. The minimum atomic E-state index is -6.68. The molecular weight excluding hydrogens is 1060 g/mol. The van der Waals surface area contributed by atoms with Crippen LogP contribution in [0.15, 0.2) is 106 Å². The first-order chi connectivity index (χ1) is 30.3. The van der Waals surface area contributed by atoms with E-state index in [-0.39, 0.29) is 22.2 Å². The molecule has 0 heterocycles. The summed E-state index contributed by atoms with van der Waals surface area (Å²) in [5.41, 5.74) is 0. The Hall–Kier alpha value is -5.34. The molecule has 67 heavy (non-hydrogen) atoms. The fraction of sp³-hybridized carbons (Fsp3) is 0. The number of hydrogen-bond donors (Lipinski definition) is 9. The Balaban J connectivity index is 1.88. The maximum atomic E-state index is 13.7. The van der Waals surface area contributed by atoms with Crippen molar-refractivity contribution in [2.45, 2.75) is 39.2 Å². The molecule has 0 radical (unpaired) electrons. The van der Waals surface area contributed by atoms with Crippen LogP contribution in [0.1, 0.15) is 0 Å². The zero-order valence-corrected chi connectivity index (χ0v) is 38.2. The molecule has 354 valence electrons. The summed E-state index contributed by atoms with van der Waals surface area (Å²) in [4.78, 5) is -19.2. The lowest BCUT2D eigenvalue weighted by Crippen LogP contribution is -2.18. The van der Waals surface area contributed by atoms with Crippen LogP contribution in [0.5, 0.6) is 5.75 Å². The maximum absolute atomic E-state index is 13.7. The average Bonchev–Trinajstić information content (AvgIpc) is 3.12. The van der Waals surface area contributed by atoms with E-state index >= 15 is 0 Å². The third kappa shape index (κ3) is 7.61. The summed E-state index contributed by atoms with van der Waals surface area (Å²) < 4.78 is 296. The molecular formula is C34H20O25S8. The van der Waals surface area contributed by atoms with Gasteiger partial charge in [-0.1, -0.05) is 24.3 Å². The van der Waals surface area contributed by atoms with Crippen molar-refractivity contribution in [3.05, 3.63) is 66.7 Å². The number of phenolic OH excluding ortho intramolecular Hbond substituents is 1. The molecule has 0 aliphatic carbocycles. The average molecular weight is 1090 g/mol. The van der Waals surface area contributed by atoms with Gasteiger partial charge in [0.15, 0.2) is 4.90 Å². The topological polar surface area (TPSA) is 455 Å². The molecule has 0 amide bonds. The van der Waals surface area contributed by atoms with Crippen molar-refractivity contribution in [2.75, 3.05) is 0 Å². The summed E-state index contributed by atoms with van der Waals surface area (Å²) >= 11 is 0. The Morgan fingerprint density at radius 3 is 0.955 bits per heavy atom. The molecule has 0 saturated carbocycles. The molecule has 0 spiro atoms. The molecule has 0 fully saturated rings. The van der Waals surface area contributed by atoms with Gasteiger partial charge >= 0.3 is 0 Å². The Kier molecular flexibility index (Phi) is 10.3. The summed E-state index contributed by atoms with van der Waals surface area (Å²) in [5, 5.41) is -1.46. The highest BCUT2D eigenvalue weighted by Gasteiger charge is 2.43. The molecule has 0 saturated heterocycles. The molecule has 0 aliphatic rings. The van der Waals surface area contributed by atoms with Crippen LogP contribution in [0.3, 0.4) is 0 Å². The van der Waals surface area contributed by atoms with Gasteiger partial charge in [0.25, 0.3) is 80.9 Å². The van der Waals surface area contributed by atoms with Crippen LogP contribution in [0.2, 0.25) is 0 Å². The standard InChI is InChI=1S/C34H20O25S8/c35-26-21-11-17-10-20-19-9-16-7-14-5-12-3-1-2-4-13(12)6-15(14)8-18(16)27(60(36,37)38)23(19)30(63(45,46)47)31(64(48,49)50)24(20)28(61(39,40)41)22(17)29(62(42,43)44)25(21)32(65(51,52)53)34(67(57,58)59)33(26)66(54,55)56/h1-11,35H,(H,36,37,38)(H,39,40,41)(H,42,43,44)(H,45,46,47)(H,48,49,50)(H,51,52,53)(H,54,55,56)(H,57,58,59). The van der Waals surface area contributed by atoms with E-state index in [0.717, 1.165) is 12.1 Å². The van der Waals surface area contributed by atoms with Gasteiger partial charge in [0.05, 0.1) is 0 Å². The zero-order valence-electron chi connectivity index (χ0n) is 31.7. The fourth-order valence-corrected chi connectivity index (χ4v) is 17.1. The number of phenols is 1. The first kappa shape index (κ1) is 48.1. The number of rotatable bonds is 8. The molecule has 0 unspecified atom stereocenters. The van der Waals surface area contributed by atoms with Gasteiger partial charge in [-0.3, -0.25) is 36.4 Å². The molecule has 8 aromatic carbocycles. The number of hydrogen-bond acceptors (Lipinski definition) is 17. The fourth-order valence-electron chi connectivity index (χ4n) is 8.27. The second-order valence-corrected chi connectivity index (χ2v) is 25.3. The SMILES string of the molecule is O=S(=O)(O)c1c(S(=O)(=O)O)c(S(=O)(=O)O)c2c(S(=O)(=O)O)c3c(S(=O)(=O)O)c4c(S(=O)(=O)O)c(S(=O)(=O)O)c5c(S(=O)(=O)O)c6cc7cc8ccccc8cc7cc6cc5c4cc3cc2c1O. The second-order valence-electron chi connectivity index (χ2n) is 14.4. The van der Waals surface area contributed by atoms with Crippen LogP contribution < -0.4 is 0 Å². The lowest BCUT2D eigenvalue weighted by Gasteiger charge is -2.22. The van der Waals surface area contributed by atoms with Crippen LogP contribution in [0, 0.1) is 0 Å². The van der Waals surface area contributed by atoms with Crippen LogP contribution in [0.4, 0.5) is 0 Å². The third-order valence-corrected chi connectivity index (χ3v) is 18.2. The van der Waals surface area contributed by atoms with Gasteiger partial charge in [0, 0.05) is 32.3 Å². The van der Waals surface area contributed by atoms with E-state index in [9.17, 15) is 109 Å². The normalized spacial score (nSPS) is 14.1. The van der Waals surface area contributed by atoms with Gasteiger partial charge in [-0.15, -0.1) is 0 Å². The van der Waals surface area contributed by atoms with E-state index in [1.54, 1.807) is 30.3 Å². The van der Waals surface area contributed by atoms with Gasteiger partial charge < -0.3 is 5.11 Å². The van der Waals surface area contributed by atoms with E-state index in [1.165, 1.54) is 12.1 Å². The number of aromatic hydroxyl groups is 1. The monoisotopic (exact) mass is 1080 g/mol. The molecule has 0 atom stereocenters. The van der Waals surface area contributed by atoms with E-state index < -0.39 is 174 Å². The third-order valence-electron chi connectivity index (χ3n) is 10.4. The van der Waals surface area contributed by atoms with Gasteiger partial charge in [-0.25, -0.2) is 0 Å². The minimum absolute atomic E-state index is 0.0823. The summed E-state index contributed by atoms with van der Waals surface area (Å²) in [6.45, 7) is 0. The molecule has 8 aromatic rings. The molecule has 33 heteroatoms. The Bertz CT molecular complexity index is 4700. The first-order valence-electron chi connectivity index (χ1n) is 17.1. The zero-order chi connectivity index (χ0) is 50.1. The summed E-state index contributed by atoms with van der Waals surface area (Å²) in [6, 6.07) is 13.0. The van der Waals surface area contributed by atoms with Gasteiger partial charge in [0.1, 0.15) is 40.0 Å². The van der Waals surface area contributed by atoms with Gasteiger partial charge in [-0.05, 0) is 85.6 Å². The highest BCUT2D eigenvalue weighted by atomic mass is 32.3. The van der Waals surface area contributed by atoms with E-state index in [1.807, 2.05) is 0 Å². The minimum Gasteiger partial charge on any atom is -0.506 e. The number of benzene rings is 8. The molecule has 25 nitrogen and oxygen atoms in total. The summed E-state index contributed by atoms with van der Waals surface area (Å²) in [7, 11) is -52.1. The van der Waals surface area contributed by atoms with Crippen LogP contribution in [-0.4, -0.2) is 109 Å². The molecule has 0 bridgehead atoms. The van der Waals surface area contributed by atoms with Crippen molar-refractivity contribution in [2.24, 2.45) is 0 Å². The second kappa shape index (κ2) is 14.4. The molecule has 0 aromatic heterocycles. The highest BCUT2D eigenvalue weighted by Crippen LogP contribution is 2.52. The van der Waals surface area contributed by atoms with Crippen molar-refractivity contribution >= 4 is 156 Å². The van der Waals surface area contributed by atoms with Crippen molar-refractivity contribution in [1.82, 2.24) is 0 Å². The van der Waals surface area contributed by atoms with E-state index in [4.69, 9.17) is 0 Å². The van der Waals surface area contributed by atoms with Gasteiger partial charge in [0.2, 0.25) is 0 Å². The van der Waals surface area contributed by atoms with Crippen LogP contribution in [0.25, 0.3) is 75.4 Å². The largest absolute Gasteiger partial charge is 0.506 e. The molecule has 9 N–H and O–H groups in total. The lowest BCUT2D eigenvalue weighted by molar-refractivity contribution is 0.430. The smallest absolute Gasteiger partial charge is 0.299 e. The van der Waals surface area contributed by atoms with Crippen LogP contribution in [-0.2, 0) is 80.9 Å². The van der Waals surface area contributed by atoms with Crippen molar-refractivity contribution in [1.29, 1.82) is 0 Å². The van der Waals surface area contributed by atoms with Gasteiger partial charge in [-0.2, -0.15) is 67.3 Å². The Morgan fingerprint density at radius 2 is 0.552 bits per heavy atom.